The van der Waals surface area contributed by atoms with Gasteiger partial charge >= 0.3 is 0 Å². The highest BCUT2D eigenvalue weighted by Crippen LogP contribution is 1.85. The van der Waals surface area contributed by atoms with Gasteiger partial charge in [-0.15, -0.1) is 0 Å². The van der Waals surface area contributed by atoms with Crippen LogP contribution >= 0.6 is 0 Å². The smallest absolute Gasteiger partial charge is 0.0924 e. The lowest BCUT2D eigenvalue weighted by atomic mass is 10.3. The van der Waals surface area contributed by atoms with Crippen LogP contribution < -0.4 is 5.32 Å². The van der Waals surface area contributed by atoms with E-state index in [1.165, 1.54) is 0 Å². The zero-order valence-corrected chi connectivity index (χ0v) is 6.30. The van der Waals surface area contributed by atoms with E-state index < -0.39 is 0 Å². The molecule has 0 bridgehead atoms. The van der Waals surface area contributed by atoms with Crippen molar-refractivity contribution in [2.45, 2.75) is 25.8 Å². The molecule has 10 heavy (non-hydrogen) atoms. The predicted octanol–water partition coefficient (Wildman–Crippen LogP) is 0.261. The highest BCUT2D eigenvalue weighted by Gasteiger charge is 1.94. The highest BCUT2D eigenvalue weighted by molar-refractivity contribution is 4.84. The molecule has 0 spiro atoms. The summed E-state index contributed by atoms with van der Waals surface area (Å²) in [5.41, 5.74) is 0. The van der Waals surface area contributed by atoms with Gasteiger partial charge in [0.1, 0.15) is 0 Å². The summed E-state index contributed by atoms with van der Waals surface area (Å²) in [6, 6.07) is 2.00. The van der Waals surface area contributed by atoms with Crippen LogP contribution in [-0.4, -0.2) is 24.3 Å². The van der Waals surface area contributed by atoms with Crippen molar-refractivity contribution < 1.29 is 5.11 Å². The Morgan fingerprint density at radius 2 is 2.30 bits per heavy atom. The number of hydrogen-bond acceptors (Lipinski definition) is 3. The van der Waals surface area contributed by atoms with Gasteiger partial charge in [0.15, 0.2) is 0 Å². The molecule has 1 atom stereocenters. The third-order valence-corrected chi connectivity index (χ3v) is 1.23. The first kappa shape index (κ1) is 9.41. The molecule has 0 aromatic carbocycles. The van der Waals surface area contributed by atoms with Crippen LogP contribution in [0.2, 0.25) is 0 Å². The first-order valence-electron chi connectivity index (χ1n) is 3.55. The van der Waals surface area contributed by atoms with Crippen molar-refractivity contribution in [3.8, 4) is 6.07 Å². The SMILES string of the molecule is CC(C#N)NCCCCO. The molecule has 0 radical (unpaired) electrons. The Bertz CT molecular complexity index is 109. The van der Waals surface area contributed by atoms with Gasteiger partial charge in [0.25, 0.3) is 0 Å². The Labute approximate surface area is 61.7 Å². The molecule has 0 aromatic rings. The lowest BCUT2D eigenvalue weighted by Gasteiger charge is -2.03. The fourth-order valence-electron chi connectivity index (χ4n) is 0.601. The number of nitrogens with zero attached hydrogens (tertiary/aromatic N) is 1. The van der Waals surface area contributed by atoms with Crippen molar-refractivity contribution in [2.24, 2.45) is 0 Å². The third kappa shape index (κ3) is 5.54. The van der Waals surface area contributed by atoms with Gasteiger partial charge in [-0.25, -0.2) is 0 Å². The van der Waals surface area contributed by atoms with Crippen LogP contribution in [0.3, 0.4) is 0 Å². The average molecular weight is 142 g/mol. The van der Waals surface area contributed by atoms with E-state index in [2.05, 4.69) is 11.4 Å². The van der Waals surface area contributed by atoms with Crippen molar-refractivity contribution in [2.75, 3.05) is 13.2 Å². The van der Waals surface area contributed by atoms with Crippen LogP contribution in [-0.2, 0) is 0 Å². The van der Waals surface area contributed by atoms with E-state index in [1.807, 2.05) is 6.92 Å². The molecule has 0 amide bonds. The summed E-state index contributed by atoms with van der Waals surface area (Å²) in [6.45, 7) is 2.87. The highest BCUT2D eigenvalue weighted by atomic mass is 16.2. The van der Waals surface area contributed by atoms with E-state index in [0.29, 0.717) is 0 Å². The van der Waals surface area contributed by atoms with E-state index in [9.17, 15) is 0 Å². The minimum Gasteiger partial charge on any atom is -0.396 e. The molecule has 3 heteroatoms. The van der Waals surface area contributed by atoms with Crippen LogP contribution in [0, 0.1) is 11.3 Å². The molecular formula is C7H14N2O. The zero-order valence-electron chi connectivity index (χ0n) is 6.30. The molecule has 0 aliphatic carbocycles. The van der Waals surface area contributed by atoms with Crippen molar-refractivity contribution in [1.82, 2.24) is 5.32 Å². The van der Waals surface area contributed by atoms with Gasteiger partial charge in [-0.05, 0) is 26.3 Å². The molecule has 0 saturated heterocycles. The van der Waals surface area contributed by atoms with E-state index in [1.54, 1.807) is 0 Å². The van der Waals surface area contributed by atoms with Gasteiger partial charge in [-0.1, -0.05) is 0 Å². The molecule has 0 rings (SSSR count). The topological polar surface area (TPSA) is 56.0 Å². The molecule has 58 valence electrons. The van der Waals surface area contributed by atoms with Gasteiger partial charge in [-0.3, -0.25) is 0 Å². The predicted molar refractivity (Wildman–Crippen MR) is 39.4 cm³/mol. The molecule has 0 aromatic heterocycles. The second-order valence-electron chi connectivity index (χ2n) is 2.24. The normalized spacial score (nSPS) is 12.5. The second kappa shape index (κ2) is 6.53. The monoisotopic (exact) mass is 142 g/mol. The standard InChI is InChI=1S/C7H14N2O/c1-7(6-8)9-4-2-3-5-10/h7,9-10H,2-5H2,1H3. The van der Waals surface area contributed by atoms with Crippen molar-refractivity contribution in [1.29, 1.82) is 5.26 Å². The Balaban J connectivity index is 2.98. The fourth-order valence-corrected chi connectivity index (χ4v) is 0.601. The number of aliphatic hydroxyl groups is 1. The Hall–Kier alpha value is -0.590. The van der Waals surface area contributed by atoms with E-state index in [-0.39, 0.29) is 12.6 Å². The third-order valence-electron chi connectivity index (χ3n) is 1.23. The Morgan fingerprint density at radius 3 is 2.80 bits per heavy atom. The number of aliphatic hydroxyl groups excluding tert-OH is 1. The van der Waals surface area contributed by atoms with Crippen molar-refractivity contribution in [3.63, 3.8) is 0 Å². The van der Waals surface area contributed by atoms with E-state index in [4.69, 9.17) is 10.4 Å². The van der Waals surface area contributed by atoms with Crippen molar-refractivity contribution >= 4 is 0 Å². The van der Waals surface area contributed by atoms with E-state index in [0.717, 1.165) is 19.4 Å². The molecular weight excluding hydrogens is 128 g/mol. The molecule has 0 aliphatic rings. The minimum absolute atomic E-state index is 0.0707. The lowest BCUT2D eigenvalue weighted by Crippen LogP contribution is -2.25. The van der Waals surface area contributed by atoms with Gasteiger partial charge in [-0.2, -0.15) is 5.26 Å². The van der Waals surface area contributed by atoms with Gasteiger partial charge in [0.05, 0.1) is 12.1 Å². The molecule has 2 N–H and O–H groups in total. The first-order valence-corrected chi connectivity index (χ1v) is 3.55. The van der Waals surface area contributed by atoms with Crippen LogP contribution in [0.4, 0.5) is 0 Å². The Morgan fingerprint density at radius 1 is 1.60 bits per heavy atom. The summed E-state index contributed by atoms with van der Waals surface area (Å²) in [6.07, 6.45) is 1.74. The maximum absolute atomic E-state index is 8.40. The summed E-state index contributed by atoms with van der Waals surface area (Å²) < 4.78 is 0. The fraction of sp³-hybridized carbons (Fsp3) is 0.857. The van der Waals surface area contributed by atoms with Gasteiger partial charge in [0, 0.05) is 6.61 Å². The minimum atomic E-state index is -0.0707. The van der Waals surface area contributed by atoms with Crippen molar-refractivity contribution in [3.05, 3.63) is 0 Å². The average Bonchev–Trinajstić information content (AvgIpc) is 1.98. The van der Waals surface area contributed by atoms with Crippen LogP contribution in [0.1, 0.15) is 19.8 Å². The first-order chi connectivity index (χ1) is 4.81. The van der Waals surface area contributed by atoms with Gasteiger partial charge < -0.3 is 10.4 Å². The summed E-state index contributed by atoms with van der Waals surface area (Å²) in [7, 11) is 0. The summed E-state index contributed by atoms with van der Waals surface area (Å²) in [5.74, 6) is 0. The number of unbranched alkanes of at least 4 members (excludes halogenated alkanes) is 1. The van der Waals surface area contributed by atoms with Crippen LogP contribution in [0.15, 0.2) is 0 Å². The lowest BCUT2D eigenvalue weighted by molar-refractivity contribution is 0.283. The number of hydrogen-bond donors (Lipinski definition) is 2. The van der Waals surface area contributed by atoms with Gasteiger partial charge in [0.2, 0.25) is 0 Å². The quantitative estimate of drug-likeness (QED) is 0.541. The number of nitriles is 1. The molecule has 0 saturated carbocycles. The molecule has 3 nitrogen and oxygen atoms in total. The Kier molecular flexibility index (Phi) is 6.14. The van der Waals surface area contributed by atoms with Crippen LogP contribution in [0.5, 0.6) is 0 Å². The molecule has 0 heterocycles. The summed E-state index contributed by atoms with van der Waals surface area (Å²) in [4.78, 5) is 0. The molecule has 0 aliphatic heterocycles. The number of rotatable bonds is 5. The summed E-state index contributed by atoms with van der Waals surface area (Å²) in [5, 5.41) is 19.7. The van der Waals surface area contributed by atoms with Crippen LogP contribution in [0.25, 0.3) is 0 Å². The molecule has 0 fully saturated rings. The number of nitrogens with one attached hydrogen (secondary N) is 1. The van der Waals surface area contributed by atoms with E-state index >= 15 is 0 Å². The largest absolute Gasteiger partial charge is 0.396 e. The second-order valence-corrected chi connectivity index (χ2v) is 2.24. The maximum Gasteiger partial charge on any atom is 0.0924 e. The summed E-state index contributed by atoms with van der Waals surface area (Å²) >= 11 is 0. The maximum atomic E-state index is 8.40. The zero-order chi connectivity index (χ0) is 7.82. The molecule has 1 unspecified atom stereocenters.